The molecule has 0 aliphatic carbocycles. The van der Waals surface area contributed by atoms with Gasteiger partial charge in [0.2, 0.25) is 0 Å². The van der Waals surface area contributed by atoms with E-state index in [2.05, 4.69) is 4.74 Å². The van der Waals surface area contributed by atoms with Crippen LogP contribution >= 0.6 is 0 Å². The van der Waals surface area contributed by atoms with Gasteiger partial charge in [-0.05, 0) is 24.5 Å². The summed E-state index contributed by atoms with van der Waals surface area (Å²) in [6.07, 6.45) is 0.598. The molecule has 0 bridgehead atoms. The van der Waals surface area contributed by atoms with Crippen molar-refractivity contribution in [1.82, 2.24) is 0 Å². The van der Waals surface area contributed by atoms with E-state index in [0.29, 0.717) is 12.8 Å². The summed E-state index contributed by atoms with van der Waals surface area (Å²) in [4.78, 5) is 22.2. The van der Waals surface area contributed by atoms with Gasteiger partial charge in [0.1, 0.15) is 12.2 Å². The Bertz CT molecular complexity index is 467. The van der Waals surface area contributed by atoms with Crippen LogP contribution < -0.4 is 0 Å². The van der Waals surface area contributed by atoms with Crippen molar-refractivity contribution in [2.45, 2.75) is 32.0 Å². The first-order valence-corrected chi connectivity index (χ1v) is 5.93. The standard InChI is InChI=1S/C14H16O4/c1-9(15)13-14(18-13)11-5-3-4-10(8-11)6-7-12(16)17-2/h3-5,8,13-14H,6-7H2,1-2H3. The number of aryl methyl sites for hydroxylation is 1. The maximum absolute atomic E-state index is 11.1. The van der Waals surface area contributed by atoms with Gasteiger partial charge in [0.25, 0.3) is 0 Å². The Hall–Kier alpha value is -1.68. The van der Waals surface area contributed by atoms with Crippen LogP contribution in [0, 0.1) is 0 Å². The molecule has 2 rings (SSSR count). The Balaban J connectivity index is 1.98. The normalized spacial score (nSPS) is 21.4. The fourth-order valence-electron chi connectivity index (χ4n) is 1.95. The third kappa shape index (κ3) is 2.96. The lowest BCUT2D eigenvalue weighted by molar-refractivity contribution is -0.140. The van der Waals surface area contributed by atoms with E-state index in [1.54, 1.807) is 0 Å². The number of carbonyl (C=O) groups excluding carboxylic acids is 2. The van der Waals surface area contributed by atoms with E-state index in [1.807, 2.05) is 24.3 Å². The number of ketones is 1. The van der Waals surface area contributed by atoms with Gasteiger partial charge in [-0.3, -0.25) is 9.59 Å². The number of epoxide rings is 1. The van der Waals surface area contributed by atoms with Crippen LogP contribution in [-0.2, 0) is 25.5 Å². The molecule has 1 fully saturated rings. The lowest BCUT2D eigenvalue weighted by atomic mass is 10.0. The quantitative estimate of drug-likeness (QED) is 0.589. The molecule has 1 heterocycles. The minimum absolute atomic E-state index is 0.0555. The zero-order chi connectivity index (χ0) is 13.1. The molecule has 2 atom stereocenters. The molecular formula is C14H16O4. The summed E-state index contributed by atoms with van der Waals surface area (Å²) in [6, 6.07) is 7.80. The van der Waals surface area contributed by atoms with E-state index in [4.69, 9.17) is 4.74 Å². The lowest BCUT2D eigenvalue weighted by Gasteiger charge is -2.03. The summed E-state index contributed by atoms with van der Waals surface area (Å²) >= 11 is 0. The number of esters is 1. The molecule has 0 N–H and O–H groups in total. The smallest absolute Gasteiger partial charge is 0.305 e. The Morgan fingerprint density at radius 2 is 2.17 bits per heavy atom. The summed E-state index contributed by atoms with van der Waals surface area (Å²) in [5.74, 6) is -0.162. The molecule has 1 aromatic rings. The highest BCUT2D eigenvalue weighted by molar-refractivity contribution is 5.83. The van der Waals surface area contributed by atoms with Crippen LogP contribution in [0.15, 0.2) is 24.3 Å². The third-order valence-electron chi connectivity index (χ3n) is 3.02. The Kier molecular flexibility index (Phi) is 3.77. The number of rotatable bonds is 5. The highest BCUT2D eigenvalue weighted by atomic mass is 16.6. The predicted octanol–water partition coefficient (Wildman–Crippen LogP) is 1.82. The zero-order valence-corrected chi connectivity index (χ0v) is 10.5. The van der Waals surface area contributed by atoms with Crippen LogP contribution in [-0.4, -0.2) is 25.0 Å². The van der Waals surface area contributed by atoms with Gasteiger partial charge in [-0.25, -0.2) is 0 Å². The maximum Gasteiger partial charge on any atom is 0.305 e. The fourth-order valence-corrected chi connectivity index (χ4v) is 1.95. The summed E-state index contributed by atoms with van der Waals surface area (Å²) in [6.45, 7) is 1.53. The second kappa shape index (κ2) is 5.31. The number of ether oxygens (including phenoxy) is 2. The van der Waals surface area contributed by atoms with Gasteiger partial charge in [0, 0.05) is 6.42 Å². The number of benzene rings is 1. The molecule has 1 aliphatic heterocycles. The molecule has 1 aliphatic rings. The van der Waals surface area contributed by atoms with Crippen LogP contribution in [0.5, 0.6) is 0 Å². The molecule has 4 nitrogen and oxygen atoms in total. The van der Waals surface area contributed by atoms with E-state index >= 15 is 0 Å². The molecular weight excluding hydrogens is 232 g/mol. The van der Waals surface area contributed by atoms with Gasteiger partial charge in [0.05, 0.1) is 7.11 Å². The van der Waals surface area contributed by atoms with Crippen LogP contribution in [0.3, 0.4) is 0 Å². The highest BCUT2D eigenvalue weighted by Gasteiger charge is 2.43. The van der Waals surface area contributed by atoms with Gasteiger partial charge < -0.3 is 9.47 Å². The van der Waals surface area contributed by atoms with Crippen molar-refractivity contribution in [1.29, 1.82) is 0 Å². The molecule has 0 radical (unpaired) electrons. The average molecular weight is 248 g/mol. The number of carbonyl (C=O) groups is 2. The fraction of sp³-hybridized carbons (Fsp3) is 0.429. The SMILES string of the molecule is COC(=O)CCc1cccc(C2OC2C(C)=O)c1. The molecule has 18 heavy (non-hydrogen) atoms. The van der Waals surface area contributed by atoms with Crippen molar-refractivity contribution in [2.75, 3.05) is 7.11 Å². The van der Waals surface area contributed by atoms with Crippen molar-refractivity contribution in [3.8, 4) is 0 Å². The van der Waals surface area contributed by atoms with E-state index in [0.717, 1.165) is 11.1 Å². The van der Waals surface area contributed by atoms with Crippen LogP contribution in [0.1, 0.15) is 30.6 Å². The minimum Gasteiger partial charge on any atom is -0.469 e. The first-order chi connectivity index (χ1) is 8.61. The predicted molar refractivity (Wildman–Crippen MR) is 65.1 cm³/mol. The number of Topliss-reactive ketones (excluding diaryl/α,β-unsaturated/α-hetero) is 1. The lowest BCUT2D eigenvalue weighted by Crippen LogP contribution is -2.03. The number of hydrogen-bond donors (Lipinski definition) is 0. The van der Waals surface area contributed by atoms with Crippen molar-refractivity contribution >= 4 is 11.8 Å². The van der Waals surface area contributed by atoms with Gasteiger partial charge in [-0.15, -0.1) is 0 Å². The Labute approximate surface area is 106 Å². The average Bonchev–Trinajstić information content (AvgIpc) is 3.16. The van der Waals surface area contributed by atoms with Crippen molar-refractivity contribution in [2.24, 2.45) is 0 Å². The molecule has 1 aromatic carbocycles. The van der Waals surface area contributed by atoms with Crippen LogP contribution in [0.4, 0.5) is 0 Å². The van der Waals surface area contributed by atoms with Crippen molar-refractivity contribution in [3.63, 3.8) is 0 Å². The van der Waals surface area contributed by atoms with Crippen LogP contribution in [0.25, 0.3) is 0 Å². The molecule has 96 valence electrons. The second-order valence-corrected chi connectivity index (χ2v) is 4.41. The summed E-state index contributed by atoms with van der Waals surface area (Å²) in [5, 5.41) is 0. The Morgan fingerprint density at radius 1 is 1.39 bits per heavy atom. The van der Waals surface area contributed by atoms with E-state index in [-0.39, 0.29) is 24.0 Å². The molecule has 4 heteroatoms. The van der Waals surface area contributed by atoms with E-state index in [9.17, 15) is 9.59 Å². The minimum atomic E-state index is -0.291. The Morgan fingerprint density at radius 3 is 2.78 bits per heavy atom. The highest BCUT2D eigenvalue weighted by Crippen LogP contribution is 2.39. The summed E-state index contributed by atoms with van der Waals surface area (Å²) in [7, 11) is 1.38. The first-order valence-electron chi connectivity index (χ1n) is 5.93. The van der Waals surface area contributed by atoms with Gasteiger partial charge in [-0.1, -0.05) is 24.3 Å². The number of methoxy groups -OCH3 is 1. The third-order valence-corrected chi connectivity index (χ3v) is 3.02. The monoisotopic (exact) mass is 248 g/mol. The van der Waals surface area contributed by atoms with Crippen molar-refractivity contribution in [3.05, 3.63) is 35.4 Å². The molecule has 0 saturated carbocycles. The summed E-state index contributed by atoms with van der Waals surface area (Å²) < 4.78 is 9.93. The topological polar surface area (TPSA) is 55.9 Å². The van der Waals surface area contributed by atoms with Gasteiger partial charge in [0.15, 0.2) is 5.78 Å². The van der Waals surface area contributed by atoms with E-state index in [1.165, 1.54) is 14.0 Å². The molecule has 1 saturated heterocycles. The zero-order valence-electron chi connectivity index (χ0n) is 10.5. The number of hydrogen-bond acceptors (Lipinski definition) is 4. The first kappa shape index (κ1) is 12.8. The van der Waals surface area contributed by atoms with Crippen molar-refractivity contribution < 1.29 is 19.1 Å². The van der Waals surface area contributed by atoms with E-state index < -0.39 is 0 Å². The molecule has 2 unspecified atom stereocenters. The maximum atomic E-state index is 11.1. The van der Waals surface area contributed by atoms with Gasteiger partial charge in [-0.2, -0.15) is 0 Å². The molecule has 0 amide bonds. The largest absolute Gasteiger partial charge is 0.469 e. The second-order valence-electron chi connectivity index (χ2n) is 4.41. The molecule has 0 spiro atoms. The summed E-state index contributed by atoms with van der Waals surface area (Å²) in [5.41, 5.74) is 2.05. The molecule has 0 aromatic heterocycles. The van der Waals surface area contributed by atoms with Gasteiger partial charge >= 0.3 is 5.97 Å². The van der Waals surface area contributed by atoms with Crippen LogP contribution in [0.2, 0.25) is 0 Å².